The predicted octanol–water partition coefficient (Wildman–Crippen LogP) is 1.47. The van der Waals surface area contributed by atoms with Gasteiger partial charge < -0.3 is 10.4 Å². The quantitative estimate of drug-likeness (QED) is 0.755. The Balaban J connectivity index is 1.75. The van der Waals surface area contributed by atoms with Gasteiger partial charge in [-0.05, 0) is 45.1 Å². The van der Waals surface area contributed by atoms with Gasteiger partial charge in [0.1, 0.15) is 0 Å². The van der Waals surface area contributed by atoms with Crippen molar-refractivity contribution in [3.63, 3.8) is 0 Å². The van der Waals surface area contributed by atoms with Gasteiger partial charge in [-0.3, -0.25) is 4.68 Å². The van der Waals surface area contributed by atoms with Gasteiger partial charge in [-0.1, -0.05) is 0 Å². The molecule has 1 aliphatic carbocycles. The molecule has 1 aromatic heterocycles. The van der Waals surface area contributed by atoms with Crippen molar-refractivity contribution < 1.29 is 5.11 Å². The van der Waals surface area contributed by atoms with Crippen LogP contribution in [-0.2, 0) is 6.54 Å². The number of aliphatic hydroxyl groups excluding tert-OH is 1. The van der Waals surface area contributed by atoms with Crippen molar-refractivity contribution in [1.82, 2.24) is 15.1 Å². The summed E-state index contributed by atoms with van der Waals surface area (Å²) in [5.41, 5.74) is 1.08. The van der Waals surface area contributed by atoms with Gasteiger partial charge in [0.15, 0.2) is 0 Å². The van der Waals surface area contributed by atoms with Gasteiger partial charge in [-0.25, -0.2) is 0 Å². The average Bonchev–Trinajstić information content (AvgIpc) is 3.00. The van der Waals surface area contributed by atoms with Crippen LogP contribution in [0.25, 0.3) is 0 Å². The zero-order valence-corrected chi connectivity index (χ0v) is 10.8. The topological polar surface area (TPSA) is 50.1 Å². The minimum absolute atomic E-state index is 0.122. The highest BCUT2D eigenvalue weighted by molar-refractivity contribution is 4.99. The standard InChI is InChI=1S/C13H23N3O/c1-11-8-14-16(9-11)7-3-6-13(2,10-17)15-12-4-5-12/h8-9,12,15,17H,3-7,10H2,1-2H3. The summed E-state index contributed by atoms with van der Waals surface area (Å²) in [7, 11) is 0. The zero-order valence-electron chi connectivity index (χ0n) is 10.8. The second-order valence-corrected chi connectivity index (χ2v) is 5.52. The number of nitrogens with one attached hydrogen (secondary N) is 1. The third-order valence-electron chi connectivity index (χ3n) is 3.36. The first-order chi connectivity index (χ1) is 8.11. The number of aromatic nitrogens is 2. The number of hydrogen-bond donors (Lipinski definition) is 2. The fraction of sp³-hybridized carbons (Fsp3) is 0.769. The Morgan fingerprint density at radius 3 is 2.88 bits per heavy atom. The van der Waals surface area contributed by atoms with Gasteiger partial charge in [0.05, 0.1) is 12.8 Å². The number of rotatable bonds is 7. The largest absolute Gasteiger partial charge is 0.394 e. The summed E-state index contributed by atoms with van der Waals surface area (Å²) in [6.45, 7) is 5.30. The van der Waals surface area contributed by atoms with Crippen molar-refractivity contribution >= 4 is 0 Å². The molecule has 0 spiro atoms. The third kappa shape index (κ3) is 3.82. The highest BCUT2D eigenvalue weighted by Gasteiger charge is 2.31. The summed E-state index contributed by atoms with van der Waals surface area (Å²) in [5, 5.41) is 17.3. The van der Waals surface area contributed by atoms with E-state index in [0.717, 1.165) is 19.4 Å². The van der Waals surface area contributed by atoms with Crippen LogP contribution in [0.2, 0.25) is 0 Å². The van der Waals surface area contributed by atoms with Gasteiger partial charge >= 0.3 is 0 Å². The molecule has 2 N–H and O–H groups in total. The number of aryl methyl sites for hydroxylation is 2. The molecule has 0 amide bonds. The first-order valence-electron chi connectivity index (χ1n) is 6.49. The summed E-state index contributed by atoms with van der Waals surface area (Å²) >= 11 is 0. The predicted molar refractivity (Wildman–Crippen MR) is 67.8 cm³/mol. The lowest BCUT2D eigenvalue weighted by molar-refractivity contribution is 0.160. The maximum Gasteiger partial charge on any atom is 0.0610 e. The van der Waals surface area contributed by atoms with Crippen LogP contribution in [-0.4, -0.2) is 33.1 Å². The Kier molecular flexibility index (Phi) is 3.84. The van der Waals surface area contributed by atoms with Crippen molar-refractivity contribution in [1.29, 1.82) is 0 Å². The molecule has 4 heteroatoms. The fourth-order valence-electron chi connectivity index (χ4n) is 2.14. The SMILES string of the molecule is Cc1cnn(CCCC(C)(CO)NC2CC2)c1. The highest BCUT2D eigenvalue weighted by atomic mass is 16.3. The Hall–Kier alpha value is -0.870. The molecule has 1 unspecified atom stereocenters. The van der Waals surface area contributed by atoms with Gasteiger partial charge in [-0.15, -0.1) is 0 Å². The molecule has 0 bridgehead atoms. The smallest absolute Gasteiger partial charge is 0.0610 e. The van der Waals surface area contributed by atoms with E-state index in [1.54, 1.807) is 0 Å². The molecule has 1 aromatic rings. The van der Waals surface area contributed by atoms with Gasteiger partial charge in [0.2, 0.25) is 0 Å². The van der Waals surface area contributed by atoms with E-state index in [4.69, 9.17) is 0 Å². The van der Waals surface area contributed by atoms with E-state index in [1.165, 1.54) is 18.4 Å². The van der Waals surface area contributed by atoms with Gasteiger partial charge in [0, 0.05) is 24.3 Å². The third-order valence-corrected chi connectivity index (χ3v) is 3.36. The van der Waals surface area contributed by atoms with Crippen molar-refractivity contribution in [2.24, 2.45) is 0 Å². The molecule has 1 fully saturated rings. The van der Waals surface area contributed by atoms with Crippen LogP contribution >= 0.6 is 0 Å². The van der Waals surface area contributed by atoms with Crippen LogP contribution in [0.5, 0.6) is 0 Å². The summed E-state index contributed by atoms with van der Waals surface area (Å²) in [4.78, 5) is 0. The van der Waals surface area contributed by atoms with Crippen LogP contribution in [0, 0.1) is 6.92 Å². The maximum atomic E-state index is 9.48. The molecule has 0 aliphatic heterocycles. The summed E-state index contributed by atoms with van der Waals surface area (Å²) in [5.74, 6) is 0. The monoisotopic (exact) mass is 237 g/mol. The van der Waals surface area contributed by atoms with Crippen LogP contribution < -0.4 is 5.32 Å². The molecule has 1 heterocycles. The maximum absolute atomic E-state index is 9.48. The summed E-state index contributed by atoms with van der Waals surface area (Å²) in [6.07, 6.45) is 8.48. The molecular weight excluding hydrogens is 214 g/mol. The molecule has 1 aliphatic rings. The van der Waals surface area contributed by atoms with E-state index < -0.39 is 0 Å². The van der Waals surface area contributed by atoms with Crippen LogP contribution in [0.1, 0.15) is 38.2 Å². The Morgan fingerprint density at radius 2 is 2.35 bits per heavy atom. The number of aliphatic hydroxyl groups is 1. The molecule has 0 aromatic carbocycles. The van der Waals surface area contributed by atoms with Gasteiger partial charge in [0.25, 0.3) is 0 Å². The fourth-order valence-corrected chi connectivity index (χ4v) is 2.14. The zero-order chi connectivity index (χ0) is 12.3. The van der Waals surface area contributed by atoms with E-state index >= 15 is 0 Å². The van der Waals surface area contributed by atoms with E-state index in [-0.39, 0.29) is 12.1 Å². The minimum Gasteiger partial charge on any atom is -0.394 e. The van der Waals surface area contributed by atoms with E-state index in [1.807, 2.05) is 10.9 Å². The van der Waals surface area contributed by atoms with Crippen molar-refractivity contribution in [3.05, 3.63) is 18.0 Å². The molecule has 4 nitrogen and oxygen atoms in total. The molecule has 17 heavy (non-hydrogen) atoms. The lowest BCUT2D eigenvalue weighted by atomic mass is 9.96. The molecule has 0 saturated heterocycles. The van der Waals surface area contributed by atoms with Crippen LogP contribution in [0.4, 0.5) is 0 Å². The van der Waals surface area contributed by atoms with Crippen molar-refractivity contribution in [2.45, 2.75) is 57.7 Å². The summed E-state index contributed by atoms with van der Waals surface area (Å²) < 4.78 is 1.98. The van der Waals surface area contributed by atoms with Crippen molar-refractivity contribution in [3.8, 4) is 0 Å². The van der Waals surface area contributed by atoms with Gasteiger partial charge in [-0.2, -0.15) is 5.10 Å². The average molecular weight is 237 g/mol. The van der Waals surface area contributed by atoms with Crippen LogP contribution in [0.15, 0.2) is 12.4 Å². The molecule has 1 atom stereocenters. The Labute approximate surface area is 103 Å². The van der Waals surface area contributed by atoms with E-state index in [2.05, 4.69) is 30.5 Å². The van der Waals surface area contributed by atoms with Crippen LogP contribution in [0.3, 0.4) is 0 Å². The number of nitrogens with zero attached hydrogens (tertiary/aromatic N) is 2. The molecule has 0 radical (unpaired) electrons. The highest BCUT2D eigenvalue weighted by Crippen LogP contribution is 2.24. The van der Waals surface area contributed by atoms with E-state index in [0.29, 0.717) is 6.04 Å². The number of hydrogen-bond acceptors (Lipinski definition) is 3. The lowest BCUT2D eigenvalue weighted by Crippen LogP contribution is -2.47. The second kappa shape index (κ2) is 5.19. The Bertz CT molecular complexity index is 359. The summed E-state index contributed by atoms with van der Waals surface area (Å²) in [6, 6.07) is 0.638. The molecule has 96 valence electrons. The lowest BCUT2D eigenvalue weighted by Gasteiger charge is -2.29. The Morgan fingerprint density at radius 1 is 1.59 bits per heavy atom. The first kappa shape index (κ1) is 12.6. The van der Waals surface area contributed by atoms with Crippen molar-refractivity contribution in [2.75, 3.05) is 6.61 Å². The minimum atomic E-state index is -0.122. The first-order valence-corrected chi connectivity index (χ1v) is 6.49. The molecular formula is C13H23N3O. The van der Waals surface area contributed by atoms with E-state index in [9.17, 15) is 5.11 Å². The normalized spacial score (nSPS) is 19.2. The molecule has 1 saturated carbocycles. The second-order valence-electron chi connectivity index (χ2n) is 5.52. The molecule has 2 rings (SSSR count).